The molecular formula is C25H24N6O2S. The van der Waals surface area contributed by atoms with Crippen molar-refractivity contribution in [1.82, 2.24) is 20.3 Å². The Balaban J connectivity index is 1.32. The predicted molar refractivity (Wildman–Crippen MR) is 134 cm³/mol. The van der Waals surface area contributed by atoms with Crippen LogP contribution >= 0.6 is 11.3 Å². The highest BCUT2D eigenvalue weighted by molar-refractivity contribution is 7.17. The topological polar surface area (TPSA) is 103 Å². The van der Waals surface area contributed by atoms with Crippen LogP contribution in [0, 0.1) is 6.92 Å². The summed E-state index contributed by atoms with van der Waals surface area (Å²) in [6, 6.07) is 5.90. The Labute approximate surface area is 200 Å². The molecule has 1 amide bonds. The van der Waals surface area contributed by atoms with Crippen LogP contribution < -0.4 is 15.5 Å². The van der Waals surface area contributed by atoms with E-state index in [1.165, 1.54) is 0 Å². The van der Waals surface area contributed by atoms with Crippen LogP contribution in [0.4, 0.5) is 17.2 Å². The number of hydrogen-bond donors (Lipinski definition) is 3. The predicted octanol–water partition coefficient (Wildman–Crippen LogP) is 4.01. The molecule has 172 valence electrons. The molecule has 2 aliphatic heterocycles. The van der Waals surface area contributed by atoms with Gasteiger partial charge in [0.1, 0.15) is 5.82 Å². The number of aliphatic hydroxyl groups excluding tert-OH is 1. The monoisotopic (exact) mass is 472 g/mol. The minimum Gasteiger partial charge on any atom is -0.393 e. The van der Waals surface area contributed by atoms with E-state index >= 15 is 0 Å². The third kappa shape index (κ3) is 3.57. The molecule has 0 aromatic carbocycles. The second-order valence-corrected chi connectivity index (χ2v) is 9.64. The van der Waals surface area contributed by atoms with Gasteiger partial charge < -0.3 is 20.6 Å². The highest BCUT2D eigenvalue weighted by atomic mass is 32.1. The van der Waals surface area contributed by atoms with Crippen LogP contribution in [0.2, 0.25) is 0 Å². The molecule has 4 aromatic rings. The standard InChI is InChI=1S/C25H24N6O2S/c1-14-13-34-24-17(4-7-26-22(14)24)23-18-11-29-25(33)21(18)19(12-28-23)30-20-3-2-15(10-27-20)31-8-5-16(32)6-9-31/h2-4,7,10,12-13,16,32H,5-6,8-9,11H2,1H3,(H,27,30)(H,29,33). The minimum absolute atomic E-state index is 0.114. The average Bonchev–Trinajstić information content (AvgIpc) is 3.44. The summed E-state index contributed by atoms with van der Waals surface area (Å²) >= 11 is 1.65. The lowest BCUT2D eigenvalue weighted by Gasteiger charge is -2.31. The Bertz CT molecular complexity index is 1390. The summed E-state index contributed by atoms with van der Waals surface area (Å²) in [6.45, 7) is 4.13. The Kier molecular flexibility index (Phi) is 5.15. The van der Waals surface area contributed by atoms with E-state index < -0.39 is 0 Å². The van der Waals surface area contributed by atoms with Crippen molar-refractivity contribution in [3.63, 3.8) is 0 Å². The molecule has 9 heteroatoms. The van der Waals surface area contributed by atoms with E-state index in [0.717, 1.165) is 64.2 Å². The highest BCUT2D eigenvalue weighted by Gasteiger charge is 2.28. The summed E-state index contributed by atoms with van der Waals surface area (Å²) in [5, 5.41) is 18.1. The maximum atomic E-state index is 12.8. The van der Waals surface area contributed by atoms with Crippen molar-refractivity contribution in [2.75, 3.05) is 23.3 Å². The summed E-state index contributed by atoms with van der Waals surface area (Å²) in [7, 11) is 0. The number of nitrogens with one attached hydrogen (secondary N) is 2. The van der Waals surface area contributed by atoms with Gasteiger partial charge in [0.2, 0.25) is 0 Å². The van der Waals surface area contributed by atoms with Gasteiger partial charge in [0.25, 0.3) is 5.91 Å². The molecule has 4 aromatic heterocycles. The number of nitrogens with zero attached hydrogens (tertiary/aromatic N) is 4. The van der Waals surface area contributed by atoms with Gasteiger partial charge in [-0.15, -0.1) is 11.3 Å². The number of aliphatic hydroxyl groups is 1. The zero-order valence-corrected chi connectivity index (χ0v) is 19.5. The summed E-state index contributed by atoms with van der Waals surface area (Å²) in [6.07, 6.45) is 6.68. The van der Waals surface area contributed by atoms with Crippen molar-refractivity contribution in [3.8, 4) is 11.3 Å². The number of anilines is 3. The molecule has 3 N–H and O–H groups in total. The molecule has 0 spiro atoms. The van der Waals surface area contributed by atoms with Gasteiger partial charge in [0.15, 0.2) is 0 Å². The summed E-state index contributed by atoms with van der Waals surface area (Å²) in [5.41, 5.74) is 7.09. The maximum Gasteiger partial charge on any atom is 0.254 e. The highest BCUT2D eigenvalue weighted by Crippen LogP contribution is 2.38. The Morgan fingerprint density at radius 1 is 1.15 bits per heavy atom. The van der Waals surface area contributed by atoms with E-state index in [1.54, 1.807) is 23.7 Å². The largest absolute Gasteiger partial charge is 0.393 e. The number of aryl methyl sites for hydroxylation is 1. The average molecular weight is 473 g/mol. The second kappa shape index (κ2) is 8.34. The normalized spacial score (nSPS) is 16.1. The summed E-state index contributed by atoms with van der Waals surface area (Å²) < 4.78 is 1.08. The molecule has 1 saturated heterocycles. The Hall–Kier alpha value is -3.56. The van der Waals surface area contributed by atoms with Gasteiger partial charge >= 0.3 is 0 Å². The first kappa shape index (κ1) is 21.0. The number of carbonyl (C=O) groups is 1. The van der Waals surface area contributed by atoms with Gasteiger partial charge in [-0.05, 0) is 48.9 Å². The van der Waals surface area contributed by atoms with Crippen LogP contribution in [0.15, 0.2) is 42.2 Å². The van der Waals surface area contributed by atoms with Gasteiger partial charge in [0.05, 0.1) is 51.3 Å². The third-order valence-corrected chi connectivity index (χ3v) is 7.68. The number of thiophene rings is 1. The van der Waals surface area contributed by atoms with Crippen LogP contribution in [-0.2, 0) is 6.54 Å². The number of rotatable bonds is 4. The van der Waals surface area contributed by atoms with Crippen LogP contribution in [0.5, 0.6) is 0 Å². The van der Waals surface area contributed by atoms with Crippen molar-refractivity contribution in [2.24, 2.45) is 0 Å². The molecule has 2 aliphatic rings. The molecule has 0 unspecified atom stereocenters. The van der Waals surface area contributed by atoms with E-state index in [-0.39, 0.29) is 12.0 Å². The smallest absolute Gasteiger partial charge is 0.254 e. The van der Waals surface area contributed by atoms with Gasteiger partial charge in [-0.2, -0.15) is 0 Å². The molecule has 6 heterocycles. The lowest BCUT2D eigenvalue weighted by atomic mass is 10.0. The fourth-order valence-corrected chi connectivity index (χ4v) is 5.74. The van der Waals surface area contributed by atoms with E-state index in [2.05, 4.69) is 37.8 Å². The lowest BCUT2D eigenvalue weighted by molar-refractivity contribution is 0.0966. The zero-order valence-electron chi connectivity index (χ0n) is 18.7. The zero-order chi connectivity index (χ0) is 23.2. The van der Waals surface area contributed by atoms with Crippen LogP contribution in [0.25, 0.3) is 21.5 Å². The molecule has 6 rings (SSSR count). The number of amides is 1. The van der Waals surface area contributed by atoms with Crippen molar-refractivity contribution in [3.05, 3.63) is 58.9 Å². The van der Waals surface area contributed by atoms with Gasteiger partial charge in [-0.25, -0.2) is 4.98 Å². The molecule has 1 fully saturated rings. The maximum absolute atomic E-state index is 12.8. The number of piperidine rings is 1. The quantitative estimate of drug-likeness (QED) is 0.412. The van der Waals surface area contributed by atoms with E-state index in [4.69, 9.17) is 4.98 Å². The molecule has 0 atom stereocenters. The number of carbonyl (C=O) groups excluding carboxylic acids is 1. The first-order valence-electron chi connectivity index (χ1n) is 11.4. The molecule has 0 bridgehead atoms. The third-order valence-electron chi connectivity index (χ3n) is 6.56. The van der Waals surface area contributed by atoms with E-state index in [9.17, 15) is 9.90 Å². The number of hydrogen-bond acceptors (Lipinski definition) is 8. The molecule has 0 saturated carbocycles. The fraction of sp³-hybridized carbons (Fsp3) is 0.280. The number of pyridine rings is 3. The van der Waals surface area contributed by atoms with Crippen molar-refractivity contribution < 1.29 is 9.90 Å². The number of aromatic nitrogens is 3. The molecule has 8 nitrogen and oxygen atoms in total. The SMILES string of the molecule is Cc1csc2c(-c3ncc(Nc4ccc(N5CCC(O)CC5)cn4)c4c3CNC4=O)ccnc12. The number of fused-ring (bicyclic) bond motifs is 2. The fourth-order valence-electron chi connectivity index (χ4n) is 4.72. The Morgan fingerprint density at radius 3 is 2.79 bits per heavy atom. The minimum atomic E-state index is -0.207. The molecule has 0 radical (unpaired) electrons. The van der Waals surface area contributed by atoms with Crippen molar-refractivity contribution in [2.45, 2.75) is 32.4 Å². The van der Waals surface area contributed by atoms with Crippen molar-refractivity contribution in [1.29, 1.82) is 0 Å². The Morgan fingerprint density at radius 2 is 2.00 bits per heavy atom. The van der Waals surface area contributed by atoms with Crippen LogP contribution in [0.3, 0.4) is 0 Å². The van der Waals surface area contributed by atoms with Gasteiger partial charge in [0, 0.05) is 37.0 Å². The first-order chi connectivity index (χ1) is 16.6. The lowest BCUT2D eigenvalue weighted by Crippen LogP contribution is -2.35. The van der Waals surface area contributed by atoms with Crippen molar-refractivity contribution >= 4 is 44.7 Å². The molecule has 0 aliphatic carbocycles. The van der Waals surface area contributed by atoms with Crippen LogP contribution in [0.1, 0.15) is 34.3 Å². The van der Waals surface area contributed by atoms with E-state index in [0.29, 0.717) is 23.6 Å². The second-order valence-electron chi connectivity index (χ2n) is 8.76. The van der Waals surface area contributed by atoms with Gasteiger partial charge in [-0.1, -0.05) is 0 Å². The molecule has 34 heavy (non-hydrogen) atoms. The summed E-state index contributed by atoms with van der Waals surface area (Å²) in [5.74, 6) is 0.537. The van der Waals surface area contributed by atoms with Gasteiger partial charge in [-0.3, -0.25) is 14.8 Å². The molecular weight excluding hydrogens is 448 g/mol. The first-order valence-corrected chi connectivity index (χ1v) is 12.3. The van der Waals surface area contributed by atoms with E-state index in [1.807, 2.05) is 24.4 Å². The van der Waals surface area contributed by atoms with Crippen LogP contribution in [-0.4, -0.2) is 45.2 Å². The summed E-state index contributed by atoms with van der Waals surface area (Å²) in [4.78, 5) is 28.9.